The number of aromatic nitrogens is 2. The molecule has 3 aromatic carbocycles. The Balaban J connectivity index is 1.61. The second kappa shape index (κ2) is 8.29. The molecular weight excluding hydrogens is 362 g/mol. The molecule has 0 radical (unpaired) electrons. The minimum absolute atomic E-state index is 0.0292. The second-order valence-corrected chi connectivity index (χ2v) is 7.08. The number of hydrogen-bond acceptors (Lipinski definition) is 3. The Morgan fingerprint density at radius 2 is 1.86 bits per heavy atom. The highest BCUT2D eigenvalue weighted by atomic mass is 16.5. The quantitative estimate of drug-likeness (QED) is 0.526. The van der Waals surface area contributed by atoms with Crippen LogP contribution in [-0.4, -0.2) is 35.2 Å². The summed E-state index contributed by atoms with van der Waals surface area (Å²) >= 11 is 0. The van der Waals surface area contributed by atoms with E-state index in [1.54, 1.807) is 18.2 Å². The van der Waals surface area contributed by atoms with Gasteiger partial charge in [0.1, 0.15) is 0 Å². The molecule has 0 spiro atoms. The number of H-pyrrole nitrogens is 1. The second-order valence-electron chi connectivity index (χ2n) is 7.08. The van der Waals surface area contributed by atoms with Crippen LogP contribution in [0.4, 0.5) is 0 Å². The van der Waals surface area contributed by atoms with E-state index in [1.807, 2.05) is 61.6 Å². The van der Waals surface area contributed by atoms with Crippen LogP contribution < -0.4 is 0 Å². The van der Waals surface area contributed by atoms with Crippen molar-refractivity contribution in [1.82, 2.24) is 15.1 Å². The SMILES string of the molecule is COCc1cc(C(=O)N(C)Cc2cccc3cn[nH]c23)ccc1-c1ccccc1. The molecule has 1 aromatic heterocycles. The van der Waals surface area contributed by atoms with E-state index in [2.05, 4.69) is 22.3 Å². The van der Waals surface area contributed by atoms with Crippen LogP contribution >= 0.6 is 0 Å². The van der Waals surface area contributed by atoms with Crippen molar-refractivity contribution in [2.45, 2.75) is 13.2 Å². The molecule has 0 aliphatic carbocycles. The summed E-state index contributed by atoms with van der Waals surface area (Å²) in [5.41, 5.74) is 5.83. The first-order valence-electron chi connectivity index (χ1n) is 9.51. The van der Waals surface area contributed by atoms with E-state index in [-0.39, 0.29) is 5.91 Å². The number of methoxy groups -OCH3 is 1. The molecule has 1 heterocycles. The van der Waals surface area contributed by atoms with Crippen LogP contribution in [0.3, 0.4) is 0 Å². The monoisotopic (exact) mass is 385 g/mol. The predicted molar refractivity (Wildman–Crippen MR) is 114 cm³/mol. The van der Waals surface area contributed by atoms with Gasteiger partial charge in [-0.2, -0.15) is 5.10 Å². The van der Waals surface area contributed by atoms with Crippen molar-refractivity contribution in [3.05, 3.63) is 89.6 Å². The van der Waals surface area contributed by atoms with Crippen LogP contribution in [0.25, 0.3) is 22.0 Å². The molecule has 5 nitrogen and oxygen atoms in total. The van der Waals surface area contributed by atoms with Gasteiger partial charge in [0, 0.05) is 31.7 Å². The molecular formula is C24H23N3O2. The highest BCUT2D eigenvalue weighted by Crippen LogP contribution is 2.26. The number of para-hydroxylation sites is 1. The summed E-state index contributed by atoms with van der Waals surface area (Å²) in [6.07, 6.45) is 1.79. The Bertz CT molecular complexity index is 1140. The minimum atomic E-state index is -0.0292. The summed E-state index contributed by atoms with van der Waals surface area (Å²) in [6.45, 7) is 0.945. The molecule has 146 valence electrons. The van der Waals surface area contributed by atoms with Crippen molar-refractivity contribution in [2.75, 3.05) is 14.2 Å². The number of amides is 1. The third-order valence-electron chi connectivity index (χ3n) is 5.05. The van der Waals surface area contributed by atoms with E-state index in [4.69, 9.17) is 4.74 Å². The van der Waals surface area contributed by atoms with Gasteiger partial charge < -0.3 is 9.64 Å². The van der Waals surface area contributed by atoms with Gasteiger partial charge in [-0.1, -0.05) is 54.6 Å². The Hall–Kier alpha value is -3.44. The van der Waals surface area contributed by atoms with Crippen molar-refractivity contribution < 1.29 is 9.53 Å². The fraction of sp³-hybridized carbons (Fsp3) is 0.167. The molecule has 0 aliphatic rings. The Kier molecular flexibility index (Phi) is 5.40. The molecule has 0 atom stereocenters. The largest absolute Gasteiger partial charge is 0.380 e. The fourth-order valence-electron chi connectivity index (χ4n) is 3.61. The third-order valence-corrected chi connectivity index (χ3v) is 5.05. The summed E-state index contributed by atoms with van der Waals surface area (Å²) in [4.78, 5) is 14.8. The number of nitrogens with one attached hydrogen (secondary N) is 1. The molecule has 0 saturated carbocycles. The predicted octanol–water partition coefficient (Wildman–Crippen LogP) is 4.65. The third kappa shape index (κ3) is 3.91. The van der Waals surface area contributed by atoms with Crippen molar-refractivity contribution in [1.29, 1.82) is 0 Å². The first-order chi connectivity index (χ1) is 14.2. The number of carbonyl (C=O) groups excluding carboxylic acids is 1. The molecule has 0 aliphatic heterocycles. The summed E-state index contributed by atoms with van der Waals surface area (Å²) in [5, 5.41) is 8.16. The highest BCUT2D eigenvalue weighted by molar-refractivity contribution is 5.95. The number of fused-ring (bicyclic) bond motifs is 1. The molecule has 0 bridgehead atoms. The lowest BCUT2D eigenvalue weighted by atomic mass is 9.97. The van der Waals surface area contributed by atoms with E-state index in [0.717, 1.165) is 33.2 Å². The van der Waals surface area contributed by atoms with E-state index in [0.29, 0.717) is 18.7 Å². The van der Waals surface area contributed by atoms with E-state index < -0.39 is 0 Å². The van der Waals surface area contributed by atoms with Crippen LogP contribution in [0.2, 0.25) is 0 Å². The summed E-state index contributed by atoms with van der Waals surface area (Å²) in [6, 6.07) is 22.0. The zero-order chi connectivity index (χ0) is 20.2. The Labute approximate surface area is 169 Å². The maximum atomic E-state index is 13.1. The summed E-state index contributed by atoms with van der Waals surface area (Å²) in [7, 11) is 3.49. The molecule has 1 amide bonds. The van der Waals surface area contributed by atoms with Crippen molar-refractivity contribution in [3.63, 3.8) is 0 Å². The van der Waals surface area contributed by atoms with Gasteiger partial charge in [0.05, 0.1) is 18.3 Å². The number of benzene rings is 3. The highest BCUT2D eigenvalue weighted by Gasteiger charge is 2.16. The van der Waals surface area contributed by atoms with Crippen LogP contribution in [0.5, 0.6) is 0 Å². The van der Waals surface area contributed by atoms with Crippen molar-refractivity contribution >= 4 is 16.8 Å². The van der Waals surface area contributed by atoms with Gasteiger partial charge in [-0.15, -0.1) is 0 Å². The molecule has 0 fully saturated rings. The first-order valence-corrected chi connectivity index (χ1v) is 9.51. The average molecular weight is 385 g/mol. The molecule has 0 saturated heterocycles. The van der Waals surface area contributed by atoms with Crippen LogP contribution in [0, 0.1) is 0 Å². The van der Waals surface area contributed by atoms with Gasteiger partial charge in [-0.25, -0.2) is 0 Å². The van der Waals surface area contributed by atoms with Gasteiger partial charge in [0.15, 0.2) is 0 Å². The Morgan fingerprint density at radius 1 is 1.03 bits per heavy atom. The zero-order valence-corrected chi connectivity index (χ0v) is 16.6. The molecule has 29 heavy (non-hydrogen) atoms. The lowest BCUT2D eigenvalue weighted by Crippen LogP contribution is -2.26. The van der Waals surface area contributed by atoms with Crippen LogP contribution in [0.1, 0.15) is 21.5 Å². The van der Waals surface area contributed by atoms with E-state index in [1.165, 1.54) is 0 Å². The van der Waals surface area contributed by atoms with Crippen LogP contribution in [-0.2, 0) is 17.9 Å². The molecule has 1 N–H and O–H groups in total. The van der Waals surface area contributed by atoms with Crippen molar-refractivity contribution in [3.8, 4) is 11.1 Å². The van der Waals surface area contributed by atoms with Crippen LogP contribution in [0.15, 0.2) is 72.9 Å². The lowest BCUT2D eigenvalue weighted by molar-refractivity contribution is 0.0785. The fourth-order valence-corrected chi connectivity index (χ4v) is 3.61. The Morgan fingerprint density at radius 3 is 2.66 bits per heavy atom. The zero-order valence-electron chi connectivity index (χ0n) is 16.6. The lowest BCUT2D eigenvalue weighted by Gasteiger charge is -2.19. The maximum absolute atomic E-state index is 13.1. The summed E-state index contributed by atoms with van der Waals surface area (Å²) in [5.74, 6) is -0.0292. The standard InChI is InChI=1S/C24H23N3O2/c1-27(15-20-10-6-9-19-14-25-26-23(19)20)24(28)18-11-12-22(21(13-18)16-29-2)17-7-4-3-5-8-17/h3-14H,15-16H2,1-2H3,(H,25,26). The smallest absolute Gasteiger partial charge is 0.253 e. The first kappa shape index (κ1) is 18.9. The summed E-state index contributed by atoms with van der Waals surface area (Å²) < 4.78 is 5.38. The normalized spacial score (nSPS) is 11.0. The number of nitrogens with zero attached hydrogens (tertiary/aromatic N) is 2. The molecule has 0 unspecified atom stereocenters. The average Bonchev–Trinajstić information content (AvgIpc) is 3.24. The van der Waals surface area contributed by atoms with Gasteiger partial charge in [0.25, 0.3) is 5.91 Å². The van der Waals surface area contributed by atoms with Gasteiger partial charge in [0.2, 0.25) is 0 Å². The minimum Gasteiger partial charge on any atom is -0.380 e. The van der Waals surface area contributed by atoms with Gasteiger partial charge >= 0.3 is 0 Å². The van der Waals surface area contributed by atoms with E-state index >= 15 is 0 Å². The number of aromatic amines is 1. The van der Waals surface area contributed by atoms with E-state index in [9.17, 15) is 4.79 Å². The maximum Gasteiger partial charge on any atom is 0.253 e. The number of hydrogen-bond donors (Lipinski definition) is 1. The topological polar surface area (TPSA) is 58.2 Å². The number of ether oxygens (including phenoxy) is 1. The molecule has 4 aromatic rings. The number of carbonyl (C=O) groups is 1. The van der Waals surface area contributed by atoms with Gasteiger partial charge in [-0.3, -0.25) is 9.89 Å². The van der Waals surface area contributed by atoms with Crippen molar-refractivity contribution in [2.24, 2.45) is 0 Å². The molecule has 4 rings (SSSR count). The molecule has 5 heteroatoms. The van der Waals surface area contributed by atoms with Gasteiger partial charge in [-0.05, 0) is 34.4 Å². The number of rotatable bonds is 6.